The minimum Gasteiger partial charge on any atom is -0.481 e. The Hall–Kier alpha value is -2.61. The predicted molar refractivity (Wildman–Crippen MR) is 106 cm³/mol. The van der Waals surface area contributed by atoms with Gasteiger partial charge in [-0.25, -0.2) is 14.6 Å². The molecule has 0 radical (unpaired) electrons. The molecule has 0 bridgehead atoms. The average Bonchev–Trinajstić information content (AvgIpc) is 2.53. The number of pyridine rings is 2. The molecule has 0 unspecified atom stereocenters. The van der Waals surface area contributed by atoms with Crippen molar-refractivity contribution < 1.29 is 23.8 Å². The summed E-state index contributed by atoms with van der Waals surface area (Å²) in [5, 5.41) is 0.550. The number of aromatic nitrogens is 2. The largest absolute Gasteiger partial charge is 0.481 e. The lowest BCUT2D eigenvalue weighted by molar-refractivity contribution is 0.0430. The fourth-order valence-electron chi connectivity index (χ4n) is 2.17. The number of amides is 2. The zero-order valence-corrected chi connectivity index (χ0v) is 17.7. The highest BCUT2D eigenvalue weighted by Gasteiger charge is 2.34. The van der Waals surface area contributed by atoms with Gasteiger partial charge in [-0.15, -0.1) is 0 Å². The number of hydrogen-bond acceptors (Lipinski definition) is 7. The molecule has 28 heavy (non-hydrogen) atoms. The van der Waals surface area contributed by atoms with Gasteiger partial charge >= 0.3 is 12.2 Å². The lowest BCUT2D eigenvalue weighted by atomic mass is 10.2. The van der Waals surface area contributed by atoms with Crippen LogP contribution < -0.4 is 9.64 Å². The van der Waals surface area contributed by atoms with Gasteiger partial charge in [0.1, 0.15) is 11.2 Å². The van der Waals surface area contributed by atoms with E-state index in [4.69, 9.17) is 25.8 Å². The van der Waals surface area contributed by atoms with Gasteiger partial charge in [0, 0.05) is 11.5 Å². The van der Waals surface area contributed by atoms with E-state index in [0.29, 0.717) is 16.9 Å². The minimum absolute atomic E-state index is 0.0321. The molecule has 0 aliphatic carbocycles. The monoisotopic (exact) mass is 409 g/mol. The van der Waals surface area contributed by atoms with Crippen LogP contribution in [0.1, 0.15) is 41.5 Å². The van der Waals surface area contributed by atoms with E-state index in [1.54, 1.807) is 53.7 Å². The predicted octanol–water partition coefficient (Wildman–Crippen LogP) is 4.97. The van der Waals surface area contributed by atoms with Gasteiger partial charge in [0.2, 0.25) is 5.88 Å². The minimum atomic E-state index is -0.925. The lowest BCUT2D eigenvalue weighted by Crippen LogP contribution is -2.44. The second-order valence-electron chi connectivity index (χ2n) is 7.98. The average molecular weight is 410 g/mol. The molecule has 9 heteroatoms. The maximum absolute atomic E-state index is 12.8. The smallest absolute Gasteiger partial charge is 0.424 e. The lowest BCUT2D eigenvalue weighted by Gasteiger charge is -2.29. The standard InChI is InChI=1S/C19H24ClN3O5/c1-18(2,3)27-16(24)23(17(25)28-19(4,5)6)12-10-21-15-11(14(12)20)8-9-13(22-15)26-7/h8-10H,1-7H3. The summed E-state index contributed by atoms with van der Waals surface area (Å²) in [4.78, 5) is 34.6. The molecule has 2 rings (SSSR count). The van der Waals surface area contributed by atoms with E-state index in [2.05, 4.69) is 9.97 Å². The van der Waals surface area contributed by atoms with E-state index >= 15 is 0 Å². The molecule has 2 aromatic heterocycles. The SMILES string of the molecule is COc1ccc2c(Cl)c(N(C(=O)OC(C)(C)C)C(=O)OC(C)(C)C)cnc2n1. The molecular weight excluding hydrogens is 386 g/mol. The van der Waals surface area contributed by atoms with Crippen LogP contribution in [0.15, 0.2) is 18.3 Å². The molecule has 0 fully saturated rings. The highest BCUT2D eigenvalue weighted by Crippen LogP contribution is 2.34. The van der Waals surface area contributed by atoms with Crippen LogP contribution in [0, 0.1) is 0 Å². The van der Waals surface area contributed by atoms with Crippen LogP contribution in [0.4, 0.5) is 15.3 Å². The molecule has 0 aromatic carbocycles. The second-order valence-corrected chi connectivity index (χ2v) is 8.36. The molecule has 2 heterocycles. The molecule has 8 nitrogen and oxygen atoms in total. The van der Waals surface area contributed by atoms with Crippen molar-refractivity contribution in [3.63, 3.8) is 0 Å². The number of imide groups is 1. The first-order valence-electron chi connectivity index (χ1n) is 8.58. The van der Waals surface area contributed by atoms with E-state index < -0.39 is 23.4 Å². The van der Waals surface area contributed by atoms with Crippen LogP contribution in [0.5, 0.6) is 5.88 Å². The van der Waals surface area contributed by atoms with Crippen molar-refractivity contribution in [2.45, 2.75) is 52.7 Å². The third kappa shape index (κ3) is 5.22. The number of ether oxygens (including phenoxy) is 3. The zero-order chi connectivity index (χ0) is 21.3. The number of methoxy groups -OCH3 is 1. The van der Waals surface area contributed by atoms with Crippen molar-refractivity contribution in [3.8, 4) is 5.88 Å². The first-order valence-corrected chi connectivity index (χ1v) is 8.95. The van der Waals surface area contributed by atoms with Crippen LogP contribution in [0.25, 0.3) is 11.0 Å². The topological polar surface area (TPSA) is 90.8 Å². The molecule has 0 aliphatic rings. The van der Waals surface area contributed by atoms with Crippen molar-refractivity contribution in [1.82, 2.24) is 9.97 Å². The molecule has 0 aliphatic heterocycles. The molecule has 0 saturated carbocycles. The molecule has 0 N–H and O–H groups in total. The summed E-state index contributed by atoms with van der Waals surface area (Å²) < 4.78 is 15.8. The van der Waals surface area contributed by atoms with E-state index in [1.165, 1.54) is 13.3 Å². The van der Waals surface area contributed by atoms with Crippen molar-refractivity contribution in [2.24, 2.45) is 0 Å². The normalized spacial score (nSPS) is 11.9. The van der Waals surface area contributed by atoms with Crippen LogP contribution >= 0.6 is 11.6 Å². The van der Waals surface area contributed by atoms with Crippen molar-refractivity contribution in [2.75, 3.05) is 12.0 Å². The number of nitrogens with zero attached hydrogens (tertiary/aromatic N) is 3. The molecule has 152 valence electrons. The van der Waals surface area contributed by atoms with Crippen LogP contribution in [0.3, 0.4) is 0 Å². The van der Waals surface area contributed by atoms with Gasteiger partial charge in [-0.05, 0) is 47.6 Å². The molecule has 2 aromatic rings. The Morgan fingerprint density at radius 2 is 1.54 bits per heavy atom. The van der Waals surface area contributed by atoms with Crippen LogP contribution in [-0.2, 0) is 9.47 Å². The quantitative estimate of drug-likeness (QED) is 0.691. The molecule has 2 amide bonds. The van der Waals surface area contributed by atoms with Gasteiger partial charge in [-0.2, -0.15) is 9.88 Å². The summed E-state index contributed by atoms with van der Waals surface area (Å²) in [6, 6.07) is 3.24. The highest BCUT2D eigenvalue weighted by atomic mass is 35.5. The Bertz CT molecular complexity index is 875. The van der Waals surface area contributed by atoms with Crippen LogP contribution in [0.2, 0.25) is 5.02 Å². The van der Waals surface area contributed by atoms with Crippen molar-refractivity contribution in [3.05, 3.63) is 23.4 Å². The second kappa shape index (κ2) is 7.79. The van der Waals surface area contributed by atoms with Gasteiger partial charge in [0.15, 0.2) is 5.65 Å². The zero-order valence-electron chi connectivity index (χ0n) is 17.0. The Morgan fingerprint density at radius 1 is 1.00 bits per heavy atom. The number of hydrogen-bond donors (Lipinski definition) is 0. The summed E-state index contributed by atoms with van der Waals surface area (Å²) in [5.74, 6) is 0.361. The van der Waals surface area contributed by atoms with Crippen molar-refractivity contribution in [1.29, 1.82) is 0 Å². The Balaban J connectivity index is 2.57. The molecular formula is C19H24ClN3O5. The number of halogens is 1. The van der Waals surface area contributed by atoms with E-state index in [-0.39, 0.29) is 10.7 Å². The van der Waals surface area contributed by atoms with Crippen molar-refractivity contribution >= 4 is 40.5 Å². The number of anilines is 1. The maximum atomic E-state index is 12.8. The summed E-state index contributed by atoms with van der Waals surface area (Å²) >= 11 is 6.48. The van der Waals surface area contributed by atoms with Gasteiger partial charge < -0.3 is 14.2 Å². The first-order chi connectivity index (χ1) is 12.8. The number of rotatable bonds is 2. The first kappa shape index (κ1) is 21.7. The number of carbonyl (C=O) groups excluding carboxylic acids is 2. The van der Waals surface area contributed by atoms with Gasteiger partial charge in [0.05, 0.1) is 24.0 Å². The van der Waals surface area contributed by atoms with Gasteiger partial charge in [-0.1, -0.05) is 11.6 Å². The maximum Gasteiger partial charge on any atom is 0.424 e. The van der Waals surface area contributed by atoms with Crippen LogP contribution in [-0.4, -0.2) is 40.5 Å². The third-order valence-corrected chi connectivity index (χ3v) is 3.62. The van der Waals surface area contributed by atoms with E-state index in [0.717, 1.165) is 4.90 Å². The summed E-state index contributed by atoms with van der Waals surface area (Å²) in [7, 11) is 1.48. The summed E-state index contributed by atoms with van der Waals surface area (Å²) in [6.07, 6.45) is -0.581. The van der Waals surface area contributed by atoms with E-state index in [9.17, 15) is 9.59 Å². The Labute approximate surface area is 168 Å². The van der Waals surface area contributed by atoms with E-state index in [1.807, 2.05) is 0 Å². The molecule has 0 atom stereocenters. The molecule has 0 saturated heterocycles. The fourth-order valence-corrected chi connectivity index (χ4v) is 2.45. The third-order valence-electron chi connectivity index (χ3n) is 3.22. The van der Waals surface area contributed by atoms with Gasteiger partial charge in [0.25, 0.3) is 0 Å². The Kier molecular flexibility index (Phi) is 6.03. The van der Waals surface area contributed by atoms with Gasteiger partial charge in [-0.3, -0.25) is 0 Å². The summed E-state index contributed by atoms with van der Waals surface area (Å²) in [5.41, 5.74) is -1.32. The number of fused-ring (bicyclic) bond motifs is 1. The Morgan fingerprint density at radius 3 is 2.00 bits per heavy atom. The number of carbonyl (C=O) groups is 2. The fraction of sp³-hybridized carbons (Fsp3) is 0.474. The summed E-state index contributed by atoms with van der Waals surface area (Å²) in [6.45, 7) is 10.1. The molecule has 0 spiro atoms. The highest BCUT2D eigenvalue weighted by molar-refractivity contribution is 6.39.